The van der Waals surface area contributed by atoms with Crippen LogP contribution in [0, 0.1) is 24.9 Å². The molecule has 0 spiro atoms. The van der Waals surface area contributed by atoms with E-state index >= 15 is 0 Å². The van der Waals surface area contributed by atoms with Crippen molar-refractivity contribution >= 4 is 97.0 Å². The van der Waals surface area contributed by atoms with Gasteiger partial charge in [0.15, 0.2) is 17.1 Å². The Kier molecular flexibility index (Phi) is 45.3. The Labute approximate surface area is 879 Å². The number of piperidine rings is 1. The zero-order chi connectivity index (χ0) is 106. The van der Waals surface area contributed by atoms with Crippen molar-refractivity contribution in [2.24, 2.45) is 0 Å². The van der Waals surface area contributed by atoms with E-state index in [1.165, 1.54) is 40.0 Å². The first-order chi connectivity index (χ1) is 69.3. The molecule has 5 aromatic carbocycles. The van der Waals surface area contributed by atoms with Crippen molar-refractivity contribution in [2.75, 3.05) is 197 Å². The second-order valence-corrected chi connectivity index (χ2v) is 41.7. The number of nitrogens with two attached hydrogens (primary N) is 1. The molecule has 148 heavy (non-hydrogen) atoms. The Balaban J connectivity index is 0.000000202. The van der Waals surface area contributed by atoms with Gasteiger partial charge in [0, 0.05) is 130 Å². The predicted octanol–water partition coefficient (Wildman–Crippen LogP) is 14.5. The number of fused-ring (bicyclic) bond motifs is 3. The molecule has 7 aliphatic heterocycles. The van der Waals surface area contributed by atoms with Gasteiger partial charge in [-0.25, -0.2) is 46.9 Å². The van der Waals surface area contributed by atoms with Crippen molar-refractivity contribution in [3.63, 3.8) is 0 Å². The molecule has 4 aromatic heterocycles. The molecule has 4 unspecified atom stereocenters. The number of phenols is 1. The van der Waals surface area contributed by atoms with Crippen LogP contribution in [0.25, 0.3) is 27.6 Å². The number of phenolic OH excluding ortho intramolecular Hbond substituents is 1. The van der Waals surface area contributed by atoms with E-state index in [4.69, 9.17) is 72.1 Å². The summed E-state index contributed by atoms with van der Waals surface area (Å²) in [7, 11) is -3.60. The SMILES string of the molecule is CC(C)(C)OC(=O)N1CCOC(CO)C1.CC(C)(C)OC(=O)N1CCOC(COc2ccc(N3CCCCC3)c(F)c2)C1.CC(C)(C)OC(=O)N1CCOC(COc2ccc(N3CCN(C(=O)OCc4ccccc4)CC3)c(F)c2)C1.CCC1CN(C(=O)OC(C)(C)C)CCO1.CS(=O)(=O)OCCn1c(=O)sc2c1nc(N)n1nc(-c3ccco3)nc21.O=C(OCc1ccccc1)N1CCN(c2ccc(O)cc2F)CC1.[CH3-].[Pd]. The van der Waals surface area contributed by atoms with Gasteiger partial charge in [-0.2, -0.15) is 17.9 Å². The molecule has 0 aliphatic carbocycles. The summed E-state index contributed by atoms with van der Waals surface area (Å²) in [5.74, 6) is 0.423. The van der Waals surface area contributed by atoms with E-state index in [-0.39, 0.29) is 157 Å². The summed E-state index contributed by atoms with van der Waals surface area (Å²) in [6.07, 6.45) is 4.00. The fourth-order valence-electron chi connectivity index (χ4n) is 15.6. The number of hydrogen-bond donors (Lipinski definition) is 3. The average molecular weight is 2200 g/mol. The number of nitrogen functional groups attached to an aromatic ring is 1. The number of halogens is 3. The van der Waals surface area contributed by atoms with Crippen molar-refractivity contribution in [3.05, 3.63) is 179 Å². The van der Waals surface area contributed by atoms with Crippen LogP contribution in [0.1, 0.15) is 127 Å². The topological polar surface area (TPSA) is 430 Å². The third-order valence-electron chi connectivity index (χ3n) is 22.8. The van der Waals surface area contributed by atoms with Crippen LogP contribution in [0.3, 0.4) is 0 Å². The number of amides is 6. The Morgan fingerprint density at radius 1 is 0.486 bits per heavy atom. The van der Waals surface area contributed by atoms with Gasteiger partial charge in [-0.3, -0.25) is 13.5 Å². The maximum atomic E-state index is 15.0. The molecular formula is C102H141F3N15O25PdS2-. The van der Waals surface area contributed by atoms with E-state index in [1.807, 2.05) is 154 Å². The van der Waals surface area contributed by atoms with Gasteiger partial charge in [0.2, 0.25) is 11.8 Å². The Morgan fingerprint density at radius 3 is 1.28 bits per heavy atom. The van der Waals surface area contributed by atoms with Crippen molar-refractivity contribution in [1.82, 2.24) is 53.5 Å². The number of carbonyl (C=O) groups is 6. The predicted molar refractivity (Wildman–Crippen MR) is 546 cm³/mol. The number of ether oxygens (including phenoxy) is 12. The fourth-order valence-corrected chi connectivity index (χ4v) is 16.9. The summed E-state index contributed by atoms with van der Waals surface area (Å²) in [5.41, 5.74) is 8.00. The Bertz CT molecular complexity index is 5850. The molecule has 7 saturated heterocycles. The van der Waals surface area contributed by atoms with Crippen LogP contribution in [0.2, 0.25) is 0 Å². The van der Waals surface area contributed by atoms with Gasteiger partial charge < -0.3 is 129 Å². The largest absolute Gasteiger partial charge is 0.508 e. The molecule has 4 N–H and O–H groups in total. The van der Waals surface area contributed by atoms with Gasteiger partial charge >= 0.3 is 41.4 Å². The van der Waals surface area contributed by atoms with Gasteiger partial charge in [-0.1, -0.05) is 78.9 Å². The van der Waals surface area contributed by atoms with Crippen LogP contribution in [-0.2, 0) is 102 Å². The van der Waals surface area contributed by atoms with Gasteiger partial charge in [0.05, 0.1) is 114 Å². The number of nitrogens with zero attached hydrogens (tertiary/aromatic N) is 14. The van der Waals surface area contributed by atoms with Gasteiger partial charge in [0.25, 0.3) is 10.1 Å². The number of aliphatic hydroxyl groups excluding tert-OH is 1. The first kappa shape index (κ1) is 120. The van der Waals surface area contributed by atoms with E-state index < -0.39 is 44.2 Å². The van der Waals surface area contributed by atoms with E-state index in [2.05, 4.69) is 31.1 Å². The van der Waals surface area contributed by atoms with Crippen LogP contribution in [0.4, 0.5) is 64.9 Å². The first-order valence-electron chi connectivity index (χ1n) is 48.7. The molecule has 7 aliphatic rings. The molecule has 818 valence electrons. The molecule has 7 fully saturated rings. The summed E-state index contributed by atoms with van der Waals surface area (Å²) in [6.45, 7) is 36.2. The summed E-state index contributed by atoms with van der Waals surface area (Å²) < 4.78 is 144. The third-order valence-corrected chi connectivity index (χ3v) is 24.4. The number of aromatic hydroxyl groups is 1. The van der Waals surface area contributed by atoms with Gasteiger partial charge in [-0.15, -0.1) is 5.10 Å². The summed E-state index contributed by atoms with van der Waals surface area (Å²) in [5, 5.41) is 22.4. The first-order valence-corrected chi connectivity index (χ1v) is 51.4. The third kappa shape index (κ3) is 38.2. The van der Waals surface area contributed by atoms with Crippen molar-refractivity contribution in [3.8, 4) is 28.8 Å². The van der Waals surface area contributed by atoms with Crippen molar-refractivity contribution in [2.45, 2.75) is 182 Å². The zero-order valence-electron chi connectivity index (χ0n) is 86.7. The maximum Gasteiger partial charge on any atom is 0.410 e. The molecule has 40 nitrogen and oxygen atoms in total. The van der Waals surface area contributed by atoms with E-state index in [0.717, 1.165) is 67.1 Å². The number of carbonyl (C=O) groups excluding carboxylic acids is 6. The number of thiazole rings is 1. The minimum Gasteiger partial charge on any atom is -0.508 e. The minimum atomic E-state index is -3.60. The molecule has 0 saturated carbocycles. The number of aromatic nitrogens is 5. The van der Waals surface area contributed by atoms with Crippen LogP contribution < -0.4 is 34.8 Å². The minimum absolute atomic E-state index is 0. The molecule has 16 rings (SSSR count). The number of piperazine rings is 2. The standard InChI is InChI=1S/C28H36FN3O6.C21H31FN2O4.C18H19FN2O3.C13H12N6O5S2.C11H21NO3.C10H19NO4.CH3.Pd/c1-28(2,3)38-27(34)32-15-16-35-23(18-32)20-36-22-9-10-25(24(29)17-22)30-11-13-31(14-12-30)26(33)37-19-21-7-5-4-6-8-21;1-21(2,3)28-20(25)24-11-12-26-17(14-24)15-27-16-7-8-19(18(22)13-16)23-9-5-4-6-10-23;19-16-12-15(22)6-7-17(16)20-8-10-21(11-9-20)18(23)24-13-14-4-2-1-3-5-14;1-26(21,22)24-6-4-18-10-8(25-13(18)20)11-15-9(7-3-2-5-23-7)17-19(11)12(14)16-10;1-5-9-8-12(6-7-14-9)10(13)15-11(2,3)4;1-10(2,3)15-9(13)11-4-5-14-8(6-11)7-12;;/h4-10,17,23H,11-16,18-20H2,1-3H3;7-8,13,17H,4-6,9-12,14-15H2,1-3H3;1-7,12,22H,8-11,13H2;2-3,5H,4,6H2,1H3,(H2,14,16);9H,5-8H2,1-4H3;8,12H,4-7H2,1-3H3;1H3;/q;;;;;;-1;. The number of furan rings is 1. The quantitative estimate of drug-likeness (QED) is 0.0276. The maximum absolute atomic E-state index is 15.0. The fraction of sp³-hybridized carbons (Fsp3) is 0.539. The second-order valence-electron chi connectivity index (χ2n) is 39.1. The Hall–Kier alpha value is -12.0. The molecular weight excluding hydrogens is 2060 g/mol. The summed E-state index contributed by atoms with van der Waals surface area (Å²) in [6, 6.07) is 36.3. The van der Waals surface area contributed by atoms with Crippen molar-refractivity contribution < 1.29 is 146 Å². The van der Waals surface area contributed by atoms with Gasteiger partial charge in [-0.05, 0) is 168 Å². The monoisotopic (exact) mass is 2200 g/mol. The normalized spacial score (nSPS) is 17.7. The molecule has 0 radical (unpaired) electrons. The van der Waals surface area contributed by atoms with Crippen LogP contribution >= 0.6 is 11.3 Å². The number of morpholine rings is 4. The molecule has 9 aromatic rings. The number of benzene rings is 5. The van der Waals surface area contributed by atoms with Crippen LogP contribution in [0.15, 0.2) is 143 Å². The second kappa shape index (κ2) is 56.0. The molecule has 11 heterocycles. The van der Waals surface area contributed by atoms with E-state index in [1.54, 1.807) is 71.9 Å². The number of aliphatic hydroxyl groups is 1. The van der Waals surface area contributed by atoms with Crippen LogP contribution in [-0.4, -0.2) is 332 Å². The number of anilines is 4. The smallest absolute Gasteiger partial charge is 0.410 e. The molecule has 4 atom stereocenters. The van der Waals surface area contributed by atoms with E-state index in [9.17, 15) is 60.3 Å². The number of rotatable bonds is 20. The molecule has 6 amide bonds. The van der Waals surface area contributed by atoms with Crippen molar-refractivity contribution in [1.29, 1.82) is 0 Å². The summed E-state index contributed by atoms with van der Waals surface area (Å²) in [4.78, 5) is 109. The average Bonchev–Trinajstić information content (AvgIpc) is 1.59. The molecule has 0 bridgehead atoms. The van der Waals surface area contributed by atoms with Crippen LogP contribution in [0.5, 0.6) is 17.2 Å². The number of hydrogen-bond acceptors (Lipinski definition) is 33. The zero-order valence-corrected chi connectivity index (χ0v) is 89.9. The Morgan fingerprint density at radius 2 is 0.885 bits per heavy atom. The molecule has 46 heteroatoms. The van der Waals surface area contributed by atoms with Gasteiger partial charge in [0.1, 0.15) is 100 Å². The van der Waals surface area contributed by atoms with E-state index in [0.29, 0.717) is 187 Å². The summed E-state index contributed by atoms with van der Waals surface area (Å²) >= 11 is 0.916.